The zero-order valence-electron chi connectivity index (χ0n) is 27.2. The highest BCUT2D eigenvalue weighted by Gasteiger charge is 2.26. The first-order valence-electron chi connectivity index (χ1n) is 15.5. The number of anilines is 2. The third kappa shape index (κ3) is 6.85. The number of nitrogens with one attached hydrogen (secondary N) is 1. The quantitative estimate of drug-likeness (QED) is 0.244. The van der Waals surface area contributed by atoms with Gasteiger partial charge in [-0.1, -0.05) is 24.3 Å². The predicted molar refractivity (Wildman–Crippen MR) is 180 cm³/mol. The predicted octanol–water partition coefficient (Wildman–Crippen LogP) is 5.18. The number of benzene rings is 2. The van der Waals surface area contributed by atoms with Crippen LogP contribution >= 0.6 is 0 Å². The fourth-order valence-electron chi connectivity index (χ4n) is 5.53. The summed E-state index contributed by atoms with van der Waals surface area (Å²) in [5.74, 6) is 1.13. The summed E-state index contributed by atoms with van der Waals surface area (Å²) in [7, 11) is 1.43. The van der Waals surface area contributed by atoms with Crippen molar-refractivity contribution in [1.82, 2.24) is 29.6 Å². The van der Waals surface area contributed by atoms with E-state index in [4.69, 9.17) is 25.2 Å². The Hall–Kier alpha value is -5.72. The van der Waals surface area contributed by atoms with Gasteiger partial charge in [-0.25, -0.2) is 24.1 Å². The third-order valence-corrected chi connectivity index (χ3v) is 7.93. The molecule has 5 aromatic rings. The van der Waals surface area contributed by atoms with Crippen molar-refractivity contribution >= 4 is 29.2 Å². The van der Waals surface area contributed by atoms with Crippen LogP contribution in [0.25, 0.3) is 28.2 Å². The van der Waals surface area contributed by atoms with Gasteiger partial charge in [-0.15, -0.1) is 0 Å². The fraction of sp³-hybridized carbons (Fsp3) is 0.286. The Morgan fingerprint density at radius 2 is 1.71 bits per heavy atom. The zero-order valence-corrected chi connectivity index (χ0v) is 27.2. The molecule has 48 heavy (non-hydrogen) atoms. The van der Waals surface area contributed by atoms with Gasteiger partial charge in [-0.2, -0.15) is 0 Å². The number of carbonyl (C=O) groups excluding carboxylic acids is 2. The van der Waals surface area contributed by atoms with Crippen LogP contribution in [0.3, 0.4) is 0 Å². The van der Waals surface area contributed by atoms with Crippen LogP contribution in [0.2, 0.25) is 0 Å². The molecule has 1 saturated heterocycles. The molecule has 0 bridgehead atoms. The number of carbonyl (C=O) groups is 2. The molecular weight excluding hydrogens is 615 g/mol. The monoisotopic (exact) mass is 652 g/mol. The van der Waals surface area contributed by atoms with Crippen molar-refractivity contribution in [3.8, 4) is 28.4 Å². The van der Waals surface area contributed by atoms with E-state index < -0.39 is 17.3 Å². The molecule has 2 amide bonds. The van der Waals surface area contributed by atoms with Crippen molar-refractivity contribution in [2.45, 2.75) is 32.9 Å². The second-order valence-electron chi connectivity index (χ2n) is 12.4. The summed E-state index contributed by atoms with van der Waals surface area (Å²) in [6.45, 7) is 8.19. The highest BCUT2D eigenvalue weighted by molar-refractivity contribution is 5.97. The van der Waals surface area contributed by atoms with Gasteiger partial charge in [0.1, 0.15) is 45.8 Å². The maximum absolute atomic E-state index is 13.8. The summed E-state index contributed by atoms with van der Waals surface area (Å²) >= 11 is 0. The van der Waals surface area contributed by atoms with Crippen LogP contribution in [0.4, 0.5) is 20.8 Å². The topological polar surface area (TPSA) is 140 Å². The van der Waals surface area contributed by atoms with E-state index in [9.17, 15) is 14.0 Å². The molecule has 6 rings (SSSR count). The number of amides is 2. The van der Waals surface area contributed by atoms with Gasteiger partial charge in [0.2, 0.25) is 0 Å². The number of piperazine rings is 1. The Labute approximate surface area is 277 Å². The molecule has 2 aromatic carbocycles. The first-order chi connectivity index (χ1) is 23.0. The lowest BCUT2D eigenvalue weighted by atomic mass is 10.1. The van der Waals surface area contributed by atoms with Crippen molar-refractivity contribution in [2.24, 2.45) is 0 Å². The summed E-state index contributed by atoms with van der Waals surface area (Å²) in [4.78, 5) is 43.1. The number of ether oxygens (including phenoxy) is 2. The highest BCUT2D eigenvalue weighted by atomic mass is 19.1. The van der Waals surface area contributed by atoms with Gasteiger partial charge in [0.05, 0.1) is 12.7 Å². The van der Waals surface area contributed by atoms with Crippen LogP contribution in [-0.2, 0) is 11.3 Å². The van der Waals surface area contributed by atoms with Gasteiger partial charge in [-0.05, 0) is 56.7 Å². The van der Waals surface area contributed by atoms with E-state index in [1.54, 1.807) is 17.3 Å². The van der Waals surface area contributed by atoms with Crippen LogP contribution < -0.4 is 20.7 Å². The summed E-state index contributed by atoms with van der Waals surface area (Å²) in [6, 6.07) is 15.3. The van der Waals surface area contributed by atoms with Crippen molar-refractivity contribution in [1.29, 1.82) is 0 Å². The van der Waals surface area contributed by atoms with Gasteiger partial charge in [0.25, 0.3) is 5.91 Å². The Morgan fingerprint density at radius 1 is 0.979 bits per heavy atom. The maximum Gasteiger partial charge on any atom is 0.410 e. The molecular formula is C35H37FN8O4. The third-order valence-electron chi connectivity index (χ3n) is 7.93. The number of rotatable bonds is 7. The largest absolute Gasteiger partial charge is 0.496 e. The number of fused-ring (bicyclic) bond motifs is 1. The molecule has 13 heteroatoms. The number of pyridine rings is 1. The minimum atomic E-state index is -0.534. The zero-order chi connectivity index (χ0) is 34.0. The lowest BCUT2D eigenvalue weighted by Gasteiger charge is -2.36. The van der Waals surface area contributed by atoms with Crippen LogP contribution in [0.15, 0.2) is 73.2 Å². The minimum absolute atomic E-state index is 0.123. The average Bonchev–Trinajstić information content (AvgIpc) is 3.48. The van der Waals surface area contributed by atoms with Gasteiger partial charge < -0.3 is 30.3 Å². The number of nitrogen functional groups attached to an aromatic ring is 1. The summed E-state index contributed by atoms with van der Waals surface area (Å²) in [5.41, 5.74) is 9.71. The number of imidazole rings is 1. The number of aromatic nitrogens is 4. The Bertz CT molecular complexity index is 1950. The first-order valence-corrected chi connectivity index (χ1v) is 15.5. The standard InChI is InChI=1S/C35H37FN8O4/c1-35(2,3)48-34(46)43-17-15-42(16-18-43)28-12-9-24(21-39-28)32-41-29(30-31(37)38-13-14-44(30)32)23-7-5-22(6-8-23)20-40-33(45)26-19-25(36)10-11-27(26)47-4/h5-14,19,21H,15-18,20H2,1-4H3,(H2,37,38)(H,40,45). The minimum Gasteiger partial charge on any atom is -0.496 e. The molecule has 0 radical (unpaired) electrons. The molecule has 1 aliphatic rings. The number of hydrogen-bond donors (Lipinski definition) is 2. The normalized spacial score (nSPS) is 13.4. The van der Waals surface area contributed by atoms with Crippen molar-refractivity contribution in [3.05, 3.63) is 90.1 Å². The molecule has 4 heterocycles. The lowest BCUT2D eigenvalue weighted by molar-refractivity contribution is 0.0240. The molecule has 0 unspecified atom stereocenters. The summed E-state index contributed by atoms with van der Waals surface area (Å²) < 4.78 is 26.4. The van der Waals surface area contributed by atoms with Gasteiger partial charge >= 0.3 is 6.09 Å². The average molecular weight is 653 g/mol. The molecule has 3 aromatic heterocycles. The van der Waals surface area contributed by atoms with E-state index >= 15 is 0 Å². The lowest BCUT2D eigenvalue weighted by Crippen LogP contribution is -2.50. The van der Waals surface area contributed by atoms with Crippen LogP contribution in [-0.4, -0.2) is 75.1 Å². The summed E-state index contributed by atoms with van der Waals surface area (Å²) in [5, 5.41) is 2.82. The van der Waals surface area contributed by atoms with E-state index in [0.29, 0.717) is 54.8 Å². The second-order valence-corrected chi connectivity index (χ2v) is 12.4. The molecule has 12 nitrogen and oxygen atoms in total. The van der Waals surface area contributed by atoms with Gasteiger partial charge in [0.15, 0.2) is 0 Å². The highest BCUT2D eigenvalue weighted by Crippen LogP contribution is 2.32. The Morgan fingerprint density at radius 3 is 2.38 bits per heavy atom. The van der Waals surface area contributed by atoms with E-state index in [0.717, 1.165) is 28.6 Å². The SMILES string of the molecule is COc1ccc(F)cc1C(=O)NCc1ccc(-c2nc(-c3ccc(N4CCN(C(=O)OC(C)(C)C)CC4)nc3)n3ccnc(N)c23)cc1. The smallest absolute Gasteiger partial charge is 0.410 e. The molecule has 3 N–H and O–H groups in total. The van der Waals surface area contributed by atoms with Gasteiger partial charge in [0, 0.05) is 62.4 Å². The molecule has 0 saturated carbocycles. The maximum atomic E-state index is 13.8. The van der Waals surface area contributed by atoms with Crippen LogP contribution in [0, 0.1) is 5.82 Å². The molecule has 1 fully saturated rings. The number of nitrogens with two attached hydrogens (primary N) is 1. The molecule has 0 atom stereocenters. The number of nitrogens with zero attached hydrogens (tertiary/aromatic N) is 6. The van der Waals surface area contributed by atoms with E-state index in [2.05, 4.69) is 15.2 Å². The van der Waals surface area contributed by atoms with Crippen LogP contribution in [0.1, 0.15) is 36.7 Å². The number of halogens is 1. The second kappa shape index (κ2) is 13.2. The van der Waals surface area contributed by atoms with Gasteiger partial charge in [-0.3, -0.25) is 9.20 Å². The van der Waals surface area contributed by atoms with Crippen molar-refractivity contribution in [3.63, 3.8) is 0 Å². The molecule has 248 valence electrons. The Balaban J connectivity index is 1.17. The fourth-order valence-corrected chi connectivity index (χ4v) is 5.53. The number of methoxy groups -OCH3 is 1. The Kier molecular flexibility index (Phi) is 8.85. The van der Waals surface area contributed by atoms with E-state index in [1.807, 2.05) is 67.8 Å². The molecule has 1 aliphatic heterocycles. The molecule has 0 aliphatic carbocycles. The van der Waals surface area contributed by atoms with Crippen molar-refractivity contribution in [2.75, 3.05) is 43.9 Å². The summed E-state index contributed by atoms with van der Waals surface area (Å²) in [6.07, 6.45) is 4.92. The van der Waals surface area contributed by atoms with Crippen molar-refractivity contribution < 1.29 is 23.5 Å². The van der Waals surface area contributed by atoms with Crippen LogP contribution in [0.5, 0.6) is 5.75 Å². The number of hydrogen-bond acceptors (Lipinski definition) is 9. The van der Waals surface area contributed by atoms with E-state index in [1.165, 1.54) is 19.2 Å². The molecule has 0 spiro atoms. The van der Waals surface area contributed by atoms with E-state index in [-0.39, 0.29) is 18.2 Å². The first kappa shape index (κ1) is 32.2.